The lowest BCUT2D eigenvalue weighted by Gasteiger charge is -2.25. The molecule has 2 N–H and O–H groups in total. The minimum atomic E-state index is -1.13. The van der Waals surface area contributed by atoms with Gasteiger partial charge in [-0.15, -0.1) is 0 Å². The first-order valence-corrected chi connectivity index (χ1v) is 7.39. The highest BCUT2D eigenvalue weighted by atomic mass is 16.5. The molecule has 126 valence electrons. The Bertz CT molecular complexity index is 579. The molecule has 1 aromatic rings. The Labute approximate surface area is 136 Å². The van der Waals surface area contributed by atoms with E-state index in [1.54, 1.807) is 13.8 Å². The van der Waals surface area contributed by atoms with Crippen LogP contribution in [-0.4, -0.2) is 30.4 Å². The molecule has 0 saturated heterocycles. The van der Waals surface area contributed by atoms with Gasteiger partial charge in [0.25, 0.3) is 0 Å². The molecule has 1 atom stereocenters. The number of aryl methyl sites for hydroxylation is 1. The Balaban J connectivity index is 2.85. The number of benzene rings is 1. The van der Waals surface area contributed by atoms with Gasteiger partial charge in [-0.1, -0.05) is 29.8 Å². The van der Waals surface area contributed by atoms with Gasteiger partial charge in [-0.2, -0.15) is 0 Å². The molecular formula is C17H24N2O4. The predicted molar refractivity (Wildman–Crippen MR) is 86.6 cm³/mol. The third kappa shape index (κ3) is 5.73. The molecule has 0 radical (unpaired) electrons. The van der Waals surface area contributed by atoms with E-state index in [9.17, 15) is 14.4 Å². The van der Waals surface area contributed by atoms with Crippen LogP contribution in [0, 0.1) is 6.92 Å². The average Bonchev–Trinajstić information content (AvgIpc) is 2.45. The van der Waals surface area contributed by atoms with E-state index in [1.807, 2.05) is 31.2 Å². The minimum Gasteiger partial charge on any atom is -0.467 e. The maximum Gasteiger partial charge on any atom is 0.330 e. The van der Waals surface area contributed by atoms with Gasteiger partial charge < -0.3 is 15.4 Å². The molecule has 1 rings (SSSR count). The molecule has 0 heterocycles. The lowest BCUT2D eigenvalue weighted by atomic mass is 10.00. The fraction of sp³-hybridized carbons (Fsp3) is 0.471. The van der Waals surface area contributed by atoms with Crippen LogP contribution in [0.4, 0.5) is 0 Å². The first-order valence-electron chi connectivity index (χ1n) is 7.39. The normalized spacial score (nSPS) is 12.2. The smallest absolute Gasteiger partial charge is 0.330 e. The van der Waals surface area contributed by atoms with Crippen LogP contribution in [0.1, 0.15) is 44.4 Å². The summed E-state index contributed by atoms with van der Waals surface area (Å²) in [5, 5.41) is 5.39. The highest BCUT2D eigenvalue weighted by Gasteiger charge is 2.31. The molecule has 0 aliphatic rings. The van der Waals surface area contributed by atoms with Gasteiger partial charge in [-0.25, -0.2) is 4.79 Å². The summed E-state index contributed by atoms with van der Waals surface area (Å²) >= 11 is 0. The van der Waals surface area contributed by atoms with Crippen molar-refractivity contribution in [3.63, 3.8) is 0 Å². The van der Waals surface area contributed by atoms with Crippen LogP contribution >= 0.6 is 0 Å². The highest BCUT2D eigenvalue weighted by Crippen LogP contribution is 2.18. The van der Waals surface area contributed by atoms with Gasteiger partial charge in [0.15, 0.2) is 0 Å². The molecule has 1 aromatic carbocycles. The Morgan fingerprint density at radius 1 is 1.17 bits per heavy atom. The van der Waals surface area contributed by atoms with Gasteiger partial charge >= 0.3 is 5.97 Å². The van der Waals surface area contributed by atoms with Gasteiger partial charge in [0.05, 0.1) is 19.6 Å². The highest BCUT2D eigenvalue weighted by molar-refractivity contribution is 5.87. The molecule has 0 saturated carbocycles. The van der Waals surface area contributed by atoms with Crippen molar-refractivity contribution >= 4 is 17.8 Å². The van der Waals surface area contributed by atoms with Crippen molar-refractivity contribution in [3.05, 3.63) is 35.4 Å². The summed E-state index contributed by atoms with van der Waals surface area (Å²) in [6.45, 7) is 6.49. The van der Waals surface area contributed by atoms with Crippen molar-refractivity contribution in [1.82, 2.24) is 10.6 Å². The topological polar surface area (TPSA) is 84.5 Å². The van der Waals surface area contributed by atoms with Gasteiger partial charge in [0.2, 0.25) is 11.8 Å². The zero-order chi connectivity index (χ0) is 17.6. The summed E-state index contributed by atoms with van der Waals surface area (Å²) < 4.78 is 4.66. The Morgan fingerprint density at radius 2 is 1.74 bits per heavy atom. The van der Waals surface area contributed by atoms with Gasteiger partial charge in [0, 0.05) is 6.92 Å². The Morgan fingerprint density at radius 3 is 2.22 bits per heavy atom. The largest absolute Gasteiger partial charge is 0.467 e. The number of hydrogen-bond donors (Lipinski definition) is 2. The average molecular weight is 320 g/mol. The van der Waals surface area contributed by atoms with Crippen LogP contribution in [0.15, 0.2) is 24.3 Å². The first kappa shape index (κ1) is 18.7. The maximum absolute atomic E-state index is 12.2. The molecule has 0 aliphatic carbocycles. The van der Waals surface area contributed by atoms with Crippen LogP contribution in [0.3, 0.4) is 0 Å². The van der Waals surface area contributed by atoms with Gasteiger partial charge in [0.1, 0.15) is 5.54 Å². The second-order valence-electron chi connectivity index (χ2n) is 6.03. The molecule has 0 aromatic heterocycles. The van der Waals surface area contributed by atoms with Crippen LogP contribution in [0.5, 0.6) is 0 Å². The minimum absolute atomic E-state index is 0.0308. The van der Waals surface area contributed by atoms with Crippen molar-refractivity contribution < 1.29 is 19.1 Å². The number of esters is 1. The third-order valence-corrected chi connectivity index (χ3v) is 3.39. The van der Waals surface area contributed by atoms with Crippen LogP contribution < -0.4 is 10.6 Å². The van der Waals surface area contributed by atoms with E-state index in [2.05, 4.69) is 15.4 Å². The van der Waals surface area contributed by atoms with Crippen molar-refractivity contribution in [2.24, 2.45) is 0 Å². The number of hydrogen-bond acceptors (Lipinski definition) is 4. The summed E-state index contributed by atoms with van der Waals surface area (Å²) in [5.41, 5.74) is 0.795. The lowest BCUT2D eigenvalue weighted by Crippen LogP contribution is -2.51. The zero-order valence-corrected chi connectivity index (χ0v) is 14.2. The quantitative estimate of drug-likeness (QED) is 0.780. The number of carbonyl (C=O) groups is 3. The summed E-state index contributed by atoms with van der Waals surface area (Å²) in [6, 6.07) is 7.12. The van der Waals surface area contributed by atoms with Crippen molar-refractivity contribution in [3.8, 4) is 0 Å². The van der Waals surface area contributed by atoms with Gasteiger partial charge in [-0.3, -0.25) is 9.59 Å². The summed E-state index contributed by atoms with van der Waals surface area (Å²) in [6.07, 6.45) is 0.0308. The Hall–Kier alpha value is -2.37. The maximum atomic E-state index is 12.2. The predicted octanol–water partition coefficient (Wildman–Crippen LogP) is 1.63. The lowest BCUT2D eigenvalue weighted by molar-refractivity contribution is -0.149. The number of nitrogens with one attached hydrogen (secondary N) is 2. The molecule has 0 aliphatic heterocycles. The number of amides is 2. The summed E-state index contributed by atoms with van der Waals surface area (Å²) in [4.78, 5) is 35.3. The number of methoxy groups -OCH3 is 1. The molecule has 0 bridgehead atoms. The number of carbonyl (C=O) groups excluding carboxylic acids is 3. The van der Waals surface area contributed by atoms with Crippen LogP contribution in [-0.2, 0) is 19.1 Å². The standard InChI is InChI=1S/C17H24N2O4/c1-11-6-8-13(9-7-11)14(18-12(2)20)10-15(21)19-17(3,4)16(22)23-5/h6-9,14H,10H2,1-5H3,(H,18,20)(H,19,21)/t14-/m0/s1. The van der Waals surface area contributed by atoms with Gasteiger partial charge in [-0.05, 0) is 26.3 Å². The molecule has 2 amide bonds. The summed E-state index contributed by atoms with van der Waals surface area (Å²) in [5.74, 6) is -1.10. The second-order valence-corrected chi connectivity index (χ2v) is 6.03. The third-order valence-electron chi connectivity index (χ3n) is 3.39. The molecule has 0 spiro atoms. The van der Waals surface area contributed by atoms with Crippen molar-refractivity contribution in [2.45, 2.75) is 45.7 Å². The van der Waals surface area contributed by atoms with Crippen molar-refractivity contribution in [1.29, 1.82) is 0 Å². The first-order chi connectivity index (χ1) is 10.7. The van der Waals surface area contributed by atoms with E-state index in [0.29, 0.717) is 0 Å². The molecule has 23 heavy (non-hydrogen) atoms. The van der Waals surface area contributed by atoms with Crippen LogP contribution in [0.25, 0.3) is 0 Å². The van der Waals surface area contributed by atoms with E-state index >= 15 is 0 Å². The zero-order valence-electron chi connectivity index (χ0n) is 14.2. The number of rotatable bonds is 6. The van der Waals surface area contributed by atoms with Crippen molar-refractivity contribution in [2.75, 3.05) is 7.11 Å². The molecule has 6 nitrogen and oxygen atoms in total. The SMILES string of the molecule is COC(=O)C(C)(C)NC(=O)C[C@H](NC(C)=O)c1ccc(C)cc1. The fourth-order valence-electron chi connectivity index (χ4n) is 2.19. The van der Waals surface area contributed by atoms with E-state index < -0.39 is 17.6 Å². The van der Waals surface area contributed by atoms with Crippen LogP contribution in [0.2, 0.25) is 0 Å². The molecule has 0 fully saturated rings. The molecular weight excluding hydrogens is 296 g/mol. The van der Waals surface area contributed by atoms with E-state index in [4.69, 9.17) is 0 Å². The Kier molecular flexibility index (Phi) is 6.30. The van der Waals surface area contributed by atoms with E-state index in [1.165, 1.54) is 14.0 Å². The fourth-order valence-corrected chi connectivity index (χ4v) is 2.19. The summed E-state index contributed by atoms with van der Waals surface area (Å²) in [7, 11) is 1.27. The molecule has 0 unspecified atom stereocenters. The van der Waals surface area contributed by atoms with E-state index in [0.717, 1.165) is 11.1 Å². The number of ether oxygens (including phenoxy) is 1. The molecule has 6 heteroatoms. The second kappa shape index (κ2) is 7.76. The van der Waals surface area contributed by atoms with E-state index in [-0.39, 0.29) is 18.2 Å². The monoisotopic (exact) mass is 320 g/mol.